The number of aromatic nitrogens is 4. The largest absolute Gasteiger partial charge is 0.416 e. The molecule has 4 rings (SSSR count). The second-order valence-electron chi connectivity index (χ2n) is 7.03. The molecule has 1 fully saturated rings. The van der Waals surface area contributed by atoms with E-state index in [2.05, 4.69) is 25.3 Å². The molecular formula is C19H19F4N7. The fourth-order valence-corrected chi connectivity index (χ4v) is 3.20. The van der Waals surface area contributed by atoms with Crippen molar-refractivity contribution < 1.29 is 17.6 Å². The number of hydrogen-bond acceptors (Lipinski definition) is 6. The molecule has 0 radical (unpaired) electrons. The number of anilines is 3. The van der Waals surface area contributed by atoms with Crippen molar-refractivity contribution in [2.75, 3.05) is 43.4 Å². The van der Waals surface area contributed by atoms with Crippen LogP contribution in [-0.2, 0) is 6.18 Å². The van der Waals surface area contributed by atoms with Crippen molar-refractivity contribution in [1.82, 2.24) is 24.6 Å². The van der Waals surface area contributed by atoms with E-state index in [1.165, 1.54) is 29.3 Å². The van der Waals surface area contributed by atoms with Gasteiger partial charge in [0.1, 0.15) is 6.33 Å². The van der Waals surface area contributed by atoms with E-state index in [4.69, 9.17) is 0 Å². The molecule has 11 heteroatoms. The van der Waals surface area contributed by atoms with Crippen LogP contribution in [0.1, 0.15) is 5.56 Å². The molecule has 0 bridgehead atoms. The van der Waals surface area contributed by atoms with Crippen LogP contribution in [0.15, 0.2) is 42.9 Å². The maximum absolute atomic E-state index is 13.4. The number of nitrogens with one attached hydrogen (secondary N) is 1. The Hall–Kier alpha value is -3.21. The molecule has 0 saturated carbocycles. The topological polar surface area (TPSA) is 62.1 Å². The lowest BCUT2D eigenvalue weighted by atomic mass is 10.1. The SMILES string of the molecule is CN1CCN(c2cc(Nc3ncn(-c4ccnc(F)c4)n3)cc(C(F)(F)F)c2)CC1. The number of likely N-dealkylation sites (N-methyl/N-ethyl adjacent to an activating group) is 1. The van der Waals surface area contributed by atoms with Crippen LogP contribution < -0.4 is 10.2 Å². The Morgan fingerprint density at radius 1 is 0.967 bits per heavy atom. The third-order valence-corrected chi connectivity index (χ3v) is 4.84. The Labute approximate surface area is 170 Å². The standard InChI is InChI=1S/C19H19F4N7/c1-28-4-6-29(7-5-28)16-9-13(19(21,22)23)8-14(10-16)26-18-25-12-30(27-18)15-2-3-24-17(20)11-15/h2-3,8-12H,4-7H2,1H3,(H,26,27). The highest BCUT2D eigenvalue weighted by atomic mass is 19.4. The number of piperazine rings is 1. The molecule has 1 aliphatic rings. The first-order valence-corrected chi connectivity index (χ1v) is 9.24. The number of benzene rings is 1. The summed E-state index contributed by atoms with van der Waals surface area (Å²) in [6, 6.07) is 6.54. The highest BCUT2D eigenvalue weighted by molar-refractivity contribution is 5.64. The van der Waals surface area contributed by atoms with Crippen LogP contribution in [0.2, 0.25) is 0 Å². The van der Waals surface area contributed by atoms with Crippen molar-refractivity contribution in [2.24, 2.45) is 0 Å². The predicted octanol–water partition coefficient (Wildman–Crippen LogP) is 3.32. The highest BCUT2D eigenvalue weighted by Gasteiger charge is 2.32. The van der Waals surface area contributed by atoms with Gasteiger partial charge < -0.3 is 15.1 Å². The smallest absolute Gasteiger partial charge is 0.369 e. The summed E-state index contributed by atoms with van der Waals surface area (Å²) in [5.74, 6) is -0.580. The van der Waals surface area contributed by atoms with Gasteiger partial charge in [0.05, 0.1) is 11.3 Å². The fourth-order valence-electron chi connectivity index (χ4n) is 3.20. The lowest BCUT2D eigenvalue weighted by Gasteiger charge is -2.34. The van der Waals surface area contributed by atoms with Gasteiger partial charge in [0.25, 0.3) is 0 Å². The van der Waals surface area contributed by atoms with Crippen LogP contribution in [0.25, 0.3) is 5.69 Å². The maximum Gasteiger partial charge on any atom is 0.416 e. The molecular weight excluding hydrogens is 402 g/mol. The van der Waals surface area contributed by atoms with E-state index in [9.17, 15) is 17.6 Å². The zero-order valence-corrected chi connectivity index (χ0v) is 16.1. The number of hydrogen-bond donors (Lipinski definition) is 1. The van der Waals surface area contributed by atoms with Crippen molar-refractivity contribution in [1.29, 1.82) is 0 Å². The summed E-state index contributed by atoms with van der Waals surface area (Å²) in [7, 11) is 1.98. The van der Waals surface area contributed by atoms with Crippen molar-refractivity contribution in [3.63, 3.8) is 0 Å². The van der Waals surface area contributed by atoms with Crippen LogP contribution in [0.3, 0.4) is 0 Å². The van der Waals surface area contributed by atoms with Gasteiger partial charge in [-0.05, 0) is 31.3 Å². The summed E-state index contributed by atoms with van der Waals surface area (Å²) in [6.45, 7) is 2.82. The van der Waals surface area contributed by atoms with E-state index in [1.807, 2.05) is 11.9 Å². The average Bonchev–Trinajstić information content (AvgIpc) is 3.16. The van der Waals surface area contributed by atoms with Gasteiger partial charge >= 0.3 is 6.18 Å². The number of nitrogens with zero attached hydrogens (tertiary/aromatic N) is 6. The first-order valence-electron chi connectivity index (χ1n) is 9.24. The Bertz CT molecular complexity index is 1030. The molecule has 0 aliphatic carbocycles. The molecule has 3 aromatic rings. The van der Waals surface area contributed by atoms with Crippen LogP contribution >= 0.6 is 0 Å². The molecule has 0 spiro atoms. The summed E-state index contributed by atoms with van der Waals surface area (Å²) in [6.07, 6.45) is -1.86. The Balaban J connectivity index is 1.61. The summed E-state index contributed by atoms with van der Waals surface area (Å²) in [5.41, 5.74) is 0.343. The van der Waals surface area contributed by atoms with Gasteiger partial charge in [0.15, 0.2) is 0 Å². The van der Waals surface area contributed by atoms with E-state index in [0.717, 1.165) is 25.2 Å². The summed E-state index contributed by atoms with van der Waals surface area (Å²) >= 11 is 0. The number of pyridine rings is 1. The second kappa shape index (κ2) is 7.90. The molecule has 2 aromatic heterocycles. The summed E-state index contributed by atoms with van der Waals surface area (Å²) in [4.78, 5) is 11.6. The molecule has 0 unspecified atom stereocenters. The van der Waals surface area contributed by atoms with Crippen LogP contribution in [0, 0.1) is 5.95 Å². The van der Waals surface area contributed by atoms with Gasteiger partial charge in [0.2, 0.25) is 11.9 Å². The fraction of sp³-hybridized carbons (Fsp3) is 0.316. The van der Waals surface area contributed by atoms with Crippen molar-refractivity contribution in [2.45, 2.75) is 6.18 Å². The first-order chi connectivity index (χ1) is 14.3. The summed E-state index contributed by atoms with van der Waals surface area (Å²) < 4.78 is 55.0. The molecule has 7 nitrogen and oxygen atoms in total. The number of alkyl halides is 3. The molecule has 158 valence electrons. The molecule has 30 heavy (non-hydrogen) atoms. The maximum atomic E-state index is 13.4. The van der Waals surface area contributed by atoms with Gasteiger partial charge in [0, 0.05) is 49.8 Å². The Morgan fingerprint density at radius 2 is 1.73 bits per heavy atom. The van der Waals surface area contributed by atoms with Gasteiger partial charge in [-0.15, -0.1) is 5.10 Å². The number of rotatable bonds is 4. The number of halogens is 4. The van der Waals surface area contributed by atoms with Gasteiger partial charge in [-0.3, -0.25) is 0 Å². The second-order valence-corrected chi connectivity index (χ2v) is 7.03. The lowest BCUT2D eigenvalue weighted by molar-refractivity contribution is -0.137. The average molecular weight is 421 g/mol. The van der Waals surface area contributed by atoms with Crippen molar-refractivity contribution in [3.05, 3.63) is 54.4 Å². The molecule has 0 atom stereocenters. The van der Waals surface area contributed by atoms with E-state index in [-0.39, 0.29) is 11.6 Å². The quantitative estimate of drug-likeness (QED) is 0.515. The molecule has 1 saturated heterocycles. The van der Waals surface area contributed by atoms with E-state index >= 15 is 0 Å². The Kier molecular flexibility index (Phi) is 5.29. The van der Waals surface area contributed by atoms with E-state index in [1.54, 1.807) is 6.07 Å². The Morgan fingerprint density at radius 3 is 2.43 bits per heavy atom. The third kappa shape index (κ3) is 4.51. The molecule has 3 heterocycles. The summed E-state index contributed by atoms with van der Waals surface area (Å²) in [5, 5.41) is 6.98. The van der Waals surface area contributed by atoms with Gasteiger partial charge in [-0.2, -0.15) is 22.5 Å². The highest BCUT2D eigenvalue weighted by Crippen LogP contribution is 2.35. The molecule has 1 aliphatic heterocycles. The van der Waals surface area contributed by atoms with E-state index in [0.29, 0.717) is 24.5 Å². The lowest BCUT2D eigenvalue weighted by Crippen LogP contribution is -2.44. The van der Waals surface area contributed by atoms with Crippen LogP contribution in [0.5, 0.6) is 0 Å². The van der Waals surface area contributed by atoms with E-state index < -0.39 is 17.7 Å². The van der Waals surface area contributed by atoms with Crippen LogP contribution in [-0.4, -0.2) is 57.9 Å². The molecule has 1 aromatic carbocycles. The molecule has 1 N–H and O–H groups in total. The van der Waals surface area contributed by atoms with Crippen LogP contribution in [0.4, 0.5) is 34.9 Å². The predicted molar refractivity (Wildman–Crippen MR) is 104 cm³/mol. The first kappa shape index (κ1) is 20.1. The minimum Gasteiger partial charge on any atom is -0.369 e. The van der Waals surface area contributed by atoms with Gasteiger partial charge in [-0.25, -0.2) is 9.67 Å². The zero-order chi connectivity index (χ0) is 21.3. The minimum atomic E-state index is -4.49. The monoisotopic (exact) mass is 421 g/mol. The van der Waals surface area contributed by atoms with Gasteiger partial charge in [-0.1, -0.05) is 0 Å². The minimum absolute atomic E-state index is 0.0934. The van der Waals surface area contributed by atoms with Crippen molar-refractivity contribution in [3.8, 4) is 5.69 Å². The van der Waals surface area contributed by atoms with Crippen molar-refractivity contribution >= 4 is 17.3 Å². The molecule has 0 amide bonds. The zero-order valence-electron chi connectivity index (χ0n) is 16.1. The normalized spacial score (nSPS) is 15.4. The third-order valence-electron chi connectivity index (χ3n) is 4.84.